The number of hydrogen-bond donors (Lipinski definition) is 1. The van der Waals surface area contributed by atoms with Gasteiger partial charge in [0, 0.05) is 18.5 Å². The van der Waals surface area contributed by atoms with Crippen molar-refractivity contribution < 1.29 is 9.59 Å². The number of nitrogens with zero attached hydrogens (tertiary/aromatic N) is 1. The van der Waals surface area contributed by atoms with Crippen LogP contribution in [-0.2, 0) is 0 Å². The van der Waals surface area contributed by atoms with E-state index in [0.717, 1.165) is 30.7 Å². The fourth-order valence-electron chi connectivity index (χ4n) is 2.66. The lowest BCUT2D eigenvalue weighted by Crippen LogP contribution is -2.34. The maximum Gasteiger partial charge on any atom is 0.268 e. The number of hydrogen-bond acceptors (Lipinski definition) is 3. The molecule has 1 aliphatic carbocycles. The van der Waals surface area contributed by atoms with Gasteiger partial charge in [-0.15, -0.1) is 0 Å². The van der Waals surface area contributed by atoms with Gasteiger partial charge in [-0.25, -0.2) is 5.84 Å². The smallest absolute Gasteiger partial charge is 0.268 e. The minimum Gasteiger partial charge on any atom is -0.294 e. The fourth-order valence-corrected chi connectivity index (χ4v) is 2.66. The first-order valence-electron chi connectivity index (χ1n) is 6.77. The molecule has 0 heterocycles. The molecule has 1 amide bonds. The maximum absolute atomic E-state index is 12.5. The highest BCUT2D eigenvalue weighted by Crippen LogP contribution is 2.28. The van der Waals surface area contributed by atoms with Crippen molar-refractivity contribution in [1.29, 1.82) is 0 Å². The van der Waals surface area contributed by atoms with Crippen LogP contribution >= 0.6 is 0 Å². The molecule has 0 unspecified atom stereocenters. The summed E-state index contributed by atoms with van der Waals surface area (Å²) in [5, 5.41) is 1.02. The quantitative estimate of drug-likeness (QED) is 0.393. The number of rotatable bonds is 3. The largest absolute Gasteiger partial charge is 0.294 e. The van der Waals surface area contributed by atoms with Gasteiger partial charge < -0.3 is 0 Å². The van der Waals surface area contributed by atoms with Gasteiger partial charge in [0.1, 0.15) is 0 Å². The number of nitrogens with two attached hydrogens (primary N) is 1. The highest BCUT2D eigenvalue weighted by molar-refractivity contribution is 6.08. The standard InChI is InChI=1S/C15H20N2O2/c1-17(16)15(19)13-10-6-5-9-12(13)14(18)11-7-3-2-4-8-11/h5-6,9-11H,2-4,7-8,16H2,1H3. The Hall–Kier alpha value is -1.68. The van der Waals surface area contributed by atoms with Gasteiger partial charge in [0.15, 0.2) is 5.78 Å². The Labute approximate surface area is 113 Å². The third kappa shape index (κ3) is 3.01. The maximum atomic E-state index is 12.5. The molecule has 0 aliphatic heterocycles. The van der Waals surface area contributed by atoms with Crippen LogP contribution < -0.4 is 5.84 Å². The van der Waals surface area contributed by atoms with Gasteiger partial charge in [0.25, 0.3) is 5.91 Å². The van der Waals surface area contributed by atoms with Crippen molar-refractivity contribution in [3.8, 4) is 0 Å². The summed E-state index contributed by atoms with van der Waals surface area (Å²) in [6.07, 6.45) is 5.27. The van der Waals surface area contributed by atoms with E-state index in [1.54, 1.807) is 24.3 Å². The van der Waals surface area contributed by atoms with E-state index in [1.165, 1.54) is 13.5 Å². The van der Waals surface area contributed by atoms with E-state index in [1.807, 2.05) is 0 Å². The lowest BCUT2D eigenvalue weighted by molar-refractivity contribution is 0.0783. The monoisotopic (exact) mass is 260 g/mol. The van der Waals surface area contributed by atoms with E-state index < -0.39 is 0 Å². The molecule has 4 nitrogen and oxygen atoms in total. The van der Waals surface area contributed by atoms with E-state index in [2.05, 4.69) is 0 Å². The van der Waals surface area contributed by atoms with Crippen LogP contribution in [-0.4, -0.2) is 23.7 Å². The molecular formula is C15H20N2O2. The van der Waals surface area contributed by atoms with Crippen LogP contribution in [0.4, 0.5) is 0 Å². The summed E-state index contributed by atoms with van der Waals surface area (Å²) in [6.45, 7) is 0. The van der Waals surface area contributed by atoms with Crippen LogP contribution in [0, 0.1) is 5.92 Å². The Balaban J connectivity index is 2.28. The van der Waals surface area contributed by atoms with E-state index in [0.29, 0.717) is 11.1 Å². The number of ketones is 1. The third-order valence-corrected chi connectivity index (χ3v) is 3.72. The summed E-state index contributed by atoms with van der Waals surface area (Å²) in [4.78, 5) is 24.5. The molecule has 19 heavy (non-hydrogen) atoms. The van der Waals surface area contributed by atoms with Crippen molar-refractivity contribution in [2.45, 2.75) is 32.1 Å². The number of amides is 1. The number of carbonyl (C=O) groups is 2. The first kappa shape index (κ1) is 13.7. The fraction of sp³-hybridized carbons (Fsp3) is 0.467. The van der Waals surface area contributed by atoms with Gasteiger partial charge in [-0.05, 0) is 18.9 Å². The van der Waals surface area contributed by atoms with Crippen LogP contribution in [0.3, 0.4) is 0 Å². The highest BCUT2D eigenvalue weighted by Gasteiger charge is 2.26. The summed E-state index contributed by atoms with van der Waals surface area (Å²) in [7, 11) is 1.49. The molecular weight excluding hydrogens is 240 g/mol. The molecule has 1 aromatic carbocycles. The first-order valence-corrected chi connectivity index (χ1v) is 6.77. The zero-order chi connectivity index (χ0) is 13.8. The van der Waals surface area contributed by atoms with Gasteiger partial charge >= 0.3 is 0 Å². The van der Waals surface area contributed by atoms with Gasteiger partial charge in [-0.1, -0.05) is 37.5 Å². The van der Waals surface area contributed by atoms with Crippen molar-refractivity contribution in [3.63, 3.8) is 0 Å². The van der Waals surface area contributed by atoms with E-state index in [9.17, 15) is 9.59 Å². The Bertz CT molecular complexity index is 477. The zero-order valence-electron chi connectivity index (χ0n) is 11.3. The molecule has 0 spiro atoms. The molecule has 1 aliphatic rings. The van der Waals surface area contributed by atoms with Crippen molar-refractivity contribution in [2.24, 2.45) is 11.8 Å². The predicted molar refractivity (Wildman–Crippen MR) is 73.6 cm³/mol. The molecule has 0 bridgehead atoms. The molecule has 1 aromatic rings. The Morgan fingerprint density at radius 3 is 2.26 bits per heavy atom. The summed E-state index contributed by atoms with van der Waals surface area (Å²) in [5.41, 5.74) is 0.916. The third-order valence-electron chi connectivity index (χ3n) is 3.72. The van der Waals surface area contributed by atoms with E-state index >= 15 is 0 Å². The van der Waals surface area contributed by atoms with Gasteiger partial charge in [-0.3, -0.25) is 14.6 Å². The first-order chi connectivity index (χ1) is 9.11. The predicted octanol–water partition coefficient (Wildman–Crippen LogP) is 2.40. The number of benzene rings is 1. The van der Waals surface area contributed by atoms with Crippen molar-refractivity contribution >= 4 is 11.7 Å². The zero-order valence-corrected chi connectivity index (χ0v) is 11.3. The van der Waals surface area contributed by atoms with Gasteiger partial charge in [0.05, 0.1) is 5.56 Å². The molecule has 1 saturated carbocycles. The number of carbonyl (C=O) groups excluding carboxylic acids is 2. The van der Waals surface area contributed by atoms with Crippen LogP contribution in [0.2, 0.25) is 0 Å². The molecule has 102 valence electrons. The topological polar surface area (TPSA) is 63.4 Å². The molecule has 0 atom stereocenters. The molecule has 0 saturated heterocycles. The summed E-state index contributed by atoms with van der Waals surface area (Å²) < 4.78 is 0. The normalized spacial score (nSPS) is 16.1. The van der Waals surface area contributed by atoms with Crippen LogP contribution in [0.25, 0.3) is 0 Å². The average molecular weight is 260 g/mol. The van der Waals surface area contributed by atoms with Gasteiger partial charge in [0.2, 0.25) is 0 Å². The SMILES string of the molecule is CN(N)C(=O)c1ccccc1C(=O)C1CCCCC1. The molecule has 1 fully saturated rings. The molecule has 0 aromatic heterocycles. The second kappa shape index (κ2) is 5.97. The minimum atomic E-state index is -0.320. The van der Waals surface area contributed by atoms with Crippen LogP contribution in [0.15, 0.2) is 24.3 Å². The van der Waals surface area contributed by atoms with E-state index in [4.69, 9.17) is 5.84 Å². The van der Waals surface area contributed by atoms with E-state index in [-0.39, 0.29) is 17.6 Å². The van der Waals surface area contributed by atoms with Gasteiger partial charge in [-0.2, -0.15) is 0 Å². The molecule has 2 N–H and O–H groups in total. The molecule has 2 rings (SSSR count). The Kier molecular flexibility index (Phi) is 4.32. The second-order valence-electron chi connectivity index (χ2n) is 5.16. The Morgan fingerprint density at radius 2 is 1.68 bits per heavy atom. The number of Topliss-reactive ketones (excluding diaryl/α,β-unsaturated/α-hetero) is 1. The van der Waals surface area contributed by atoms with Crippen LogP contribution in [0.5, 0.6) is 0 Å². The molecule has 0 radical (unpaired) electrons. The molecule has 4 heteroatoms. The summed E-state index contributed by atoms with van der Waals surface area (Å²) in [5.74, 6) is 5.32. The second-order valence-corrected chi connectivity index (χ2v) is 5.16. The highest BCUT2D eigenvalue weighted by atomic mass is 16.2. The van der Waals surface area contributed by atoms with Crippen LogP contribution in [0.1, 0.15) is 52.8 Å². The van der Waals surface area contributed by atoms with Crippen molar-refractivity contribution in [3.05, 3.63) is 35.4 Å². The summed E-state index contributed by atoms with van der Waals surface area (Å²) >= 11 is 0. The average Bonchev–Trinajstić information content (AvgIpc) is 2.46. The van der Waals surface area contributed by atoms with Crippen molar-refractivity contribution in [1.82, 2.24) is 5.01 Å². The van der Waals surface area contributed by atoms with Crippen molar-refractivity contribution in [2.75, 3.05) is 7.05 Å². The lowest BCUT2D eigenvalue weighted by atomic mass is 9.82. The lowest BCUT2D eigenvalue weighted by Gasteiger charge is -2.21. The summed E-state index contributed by atoms with van der Waals surface area (Å²) in [6, 6.07) is 6.95. The number of hydrazine groups is 1. The minimum absolute atomic E-state index is 0.0609. The Morgan fingerprint density at radius 1 is 1.11 bits per heavy atom.